The van der Waals surface area contributed by atoms with Crippen molar-refractivity contribution in [3.8, 4) is 11.5 Å². The molecule has 0 spiro atoms. The van der Waals surface area contributed by atoms with E-state index < -0.39 is 5.97 Å². The highest BCUT2D eigenvalue weighted by Crippen LogP contribution is 2.30. The van der Waals surface area contributed by atoms with Crippen LogP contribution >= 0.6 is 11.6 Å². The molecule has 2 aromatic rings. The molecule has 2 aliphatic heterocycles. The second-order valence-electron chi connectivity index (χ2n) is 6.49. The number of amides is 2. The van der Waals surface area contributed by atoms with Gasteiger partial charge in [0.2, 0.25) is 0 Å². The van der Waals surface area contributed by atoms with Crippen LogP contribution in [-0.4, -0.2) is 54.2 Å². The van der Waals surface area contributed by atoms with Crippen molar-refractivity contribution in [2.75, 3.05) is 31.1 Å². The number of hydrogen-bond donors (Lipinski definition) is 2. The SMILES string of the molecule is O=C(O)c1ccc(Oc2ccc(N3C[C@@H]4CNCCN4C3=O)cc2)cc1Cl. The fourth-order valence-electron chi connectivity index (χ4n) is 3.40. The van der Waals surface area contributed by atoms with Crippen molar-refractivity contribution in [1.82, 2.24) is 10.2 Å². The van der Waals surface area contributed by atoms with E-state index >= 15 is 0 Å². The number of carbonyl (C=O) groups excluding carboxylic acids is 1. The molecule has 7 nitrogen and oxygen atoms in total. The number of benzene rings is 2. The van der Waals surface area contributed by atoms with Crippen LogP contribution in [0.4, 0.5) is 10.5 Å². The average molecular weight is 388 g/mol. The normalized spacial score (nSPS) is 19.1. The third kappa shape index (κ3) is 3.43. The molecular weight excluding hydrogens is 370 g/mol. The van der Waals surface area contributed by atoms with Crippen LogP contribution in [0.2, 0.25) is 5.02 Å². The highest BCUT2D eigenvalue weighted by molar-refractivity contribution is 6.33. The van der Waals surface area contributed by atoms with Crippen LogP contribution in [0, 0.1) is 0 Å². The van der Waals surface area contributed by atoms with Crippen molar-refractivity contribution in [2.24, 2.45) is 0 Å². The number of halogens is 1. The van der Waals surface area contributed by atoms with E-state index in [1.807, 2.05) is 17.0 Å². The number of carboxylic acids is 1. The van der Waals surface area contributed by atoms with Crippen molar-refractivity contribution in [3.05, 3.63) is 53.1 Å². The zero-order chi connectivity index (χ0) is 19.0. The molecule has 2 aliphatic rings. The molecule has 2 aromatic carbocycles. The minimum atomic E-state index is -1.09. The summed E-state index contributed by atoms with van der Waals surface area (Å²) in [5.74, 6) is -0.0696. The quantitative estimate of drug-likeness (QED) is 0.842. The van der Waals surface area contributed by atoms with Crippen LogP contribution < -0.4 is 15.0 Å². The van der Waals surface area contributed by atoms with Crippen molar-refractivity contribution < 1.29 is 19.4 Å². The standard InChI is InChI=1S/C19H18ClN3O4/c20-17-9-15(5-6-16(17)18(24)25)27-14-3-1-12(2-4-14)23-11-13-10-21-7-8-22(13)19(23)26/h1-6,9,13,21H,7-8,10-11H2,(H,24,25)/t13-/m0/s1. The first-order valence-corrected chi connectivity index (χ1v) is 9.00. The van der Waals surface area contributed by atoms with Crippen LogP contribution in [0.1, 0.15) is 10.4 Å². The Balaban J connectivity index is 1.47. The molecule has 2 N–H and O–H groups in total. The van der Waals surface area contributed by atoms with Gasteiger partial charge in [-0.2, -0.15) is 0 Å². The summed E-state index contributed by atoms with van der Waals surface area (Å²) >= 11 is 5.96. The molecule has 0 bridgehead atoms. The minimum Gasteiger partial charge on any atom is -0.478 e. The number of carbonyl (C=O) groups is 2. The molecule has 27 heavy (non-hydrogen) atoms. The van der Waals surface area contributed by atoms with Gasteiger partial charge >= 0.3 is 12.0 Å². The Hall–Kier alpha value is -2.77. The van der Waals surface area contributed by atoms with Crippen molar-refractivity contribution >= 4 is 29.3 Å². The summed E-state index contributed by atoms with van der Waals surface area (Å²) in [6, 6.07) is 11.9. The second-order valence-corrected chi connectivity index (χ2v) is 6.89. The van der Waals surface area contributed by atoms with Gasteiger partial charge in [0.1, 0.15) is 11.5 Å². The van der Waals surface area contributed by atoms with Crippen LogP contribution in [0.25, 0.3) is 0 Å². The summed E-state index contributed by atoms with van der Waals surface area (Å²) in [5.41, 5.74) is 0.846. The largest absolute Gasteiger partial charge is 0.478 e. The van der Waals surface area contributed by atoms with Gasteiger partial charge in [-0.3, -0.25) is 4.90 Å². The number of ether oxygens (including phenoxy) is 1. The summed E-state index contributed by atoms with van der Waals surface area (Å²) < 4.78 is 5.73. The first-order chi connectivity index (χ1) is 13.0. The highest BCUT2D eigenvalue weighted by atomic mass is 35.5. The summed E-state index contributed by atoms with van der Waals surface area (Å²) in [4.78, 5) is 27.3. The monoisotopic (exact) mass is 387 g/mol. The second kappa shape index (κ2) is 7.09. The van der Waals surface area contributed by atoms with E-state index in [2.05, 4.69) is 5.32 Å². The Kier molecular flexibility index (Phi) is 4.63. The van der Waals surface area contributed by atoms with Crippen LogP contribution in [0.5, 0.6) is 11.5 Å². The van der Waals surface area contributed by atoms with E-state index in [1.54, 1.807) is 23.1 Å². The van der Waals surface area contributed by atoms with E-state index in [0.29, 0.717) is 18.0 Å². The molecule has 0 radical (unpaired) electrons. The van der Waals surface area contributed by atoms with Gasteiger partial charge in [0.05, 0.1) is 16.6 Å². The topological polar surface area (TPSA) is 82.1 Å². The summed E-state index contributed by atoms with van der Waals surface area (Å²) in [5, 5.41) is 12.4. The average Bonchev–Trinajstić information content (AvgIpc) is 2.99. The number of fused-ring (bicyclic) bond motifs is 1. The first-order valence-electron chi connectivity index (χ1n) is 8.62. The Morgan fingerprint density at radius 1 is 1.19 bits per heavy atom. The summed E-state index contributed by atoms with van der Waals surface area (Å²) in [7, 11) is 0. The molecule has 0 saturated carbocycles. The molecule has 0 unspecified atom stereocenters. The number of nitrogens with one attached hydrogen (secondary N) is 1. The smallest absolute Gasteiger partial charge is 0.337 e. The lowest BCUT2D eigenvalue weighted by atomic mass is 10.2. The maximum Gasteiger partial charge on any atom is 0.337 e. The molecule has 2 heterocycles. The van der Waals surface area contributed by atoms with Crippen LogP contribution in [0.3, 0.4) is 0 Å². The van der Waals surface area contributed by atoms with Gasteiger partial charge in [-0.1, -0.05) is 11.6 Å². The third-order valence-corrected chi connectivity index (χ3v) is 5.09. The molecule has 2 saturated heterocycles. The Bertz CT molecular complexity index is 887. The number of urea groups is 1. The number of piperazine rings is 1. The molecule has 2 amide bonds. The lowest BCUT2D eigenvalue weighted by Crippen LogP contribution is -2.49. The fraction of sp³-hybridized carbons (Fsp3) is 0.263. The van der Waals surface area contributed by atoms with Crippen LogP contribution in [0.15, 0.2) is 42.5 Å². The Labute approximate surface area is 161 Å². The number of carboxylic acid groups (broad SMARTS) is 1. The zero-order valence-corrected chi connectivity index (χ0v) is 15.1. The molecule has 140 valence electrons. The van der Waals surface area contributed by atoms with Gasteiger partial charge in [0.25, 0.3) is 0 Å². The Morgan fingerprint density at radius 2 is 1.93 bits per heavy atom. The molecule has 1 atom stereocenters. The van der Waals surface area contributed by atoms with E-state index in [0.717, 1.165) is 25.3 Å². The summed E-state index contributed by atoms with van der Waals surface area (Å²) in [6.07, 6.45) is 0. The maximum atomic E-state index is 12.6. The van der Waals surface area contributed by atoms with E-state index in [1.165, 1.54) is 12.1 Å². The van der Waals surface area contributed by atoms with Gasteiger partial charge in [0.15, 0.2) is 0 Å². The van der Waals surface area contributed by atoms with E-state index in [4.69, 9.17) is 21.4 Å². The van der Waals surface area contributed by atoms with E-state index in [-0.39, 0.29) is 22.7 Å². The van der Waals surface area contributed by atoms with Crippen molar-refractivity contribution in [2.45, 2.75) is 6.04 Å². The van der Waals surface area contributed by atoms with E-state index in [9.17, 15) is 9.59 Å². The number of aromatic carboxylic acids is 1. The molecule has 4 rings (SSSR count). The Morgan fingerprint density at radius 3 is 2.59 bits per heavy atom. The van der Waals surface area contributed by atoms with Crippen LogP contribution in [-0.2, 0) is 0 Å². The fourth-order valence-corrected chi connectivity index (χ4v) is 3.65. The summed E-state index contributed by atoms with van der Waals surface area (Å²) in [6.45, 7) is 3.04. The molecular formula is C19H18ClN3O4. The van der Waals surface area contributed by atoms with Gasteiger partial charge < -0.3 is 20.1 Å². The predicted molar refractivity (Wildman–Crippen MR) is 101 cm³/mol. The highest BCUT2D eigenvalue weighted by Gasteiger charge is 2.38. The lowest BCUT2D eigenvalue weighted by molar-refractivity contribution is 0.0697. The minimum absolute atomic E-state index is 0.0258. The number of rotatable bonds is 4. The molecule has 2 fully saturated rings. The first kappa shape index (κ1) is 17.6. The number of nitrogens with zero attached hydrogens (tertiary/aromatic N) is 2. The molecule has 0 aromatic heterocycles. The molecule has 0 aliphatic carbocycles. The van der Waals surface area contributed by atoms with Gasteiger partial charge in [-0.05, 0) is 36.4 Å². The predicted octanol–water partition coefficient (Wildman–Crippen LogP) is 3.04. The van der Waals surface area contributed by atoms with Gasteiger partial charge in [0, 0.05) is 37.9 Å². The lowest BCUT2D eigenvalue weighted by Gasteiger charge is -2.28. The van der Waals surface area contributed by atoms with Gasteiger partial charge in [-0.15, -0.1) is 0 Å². The maximum absolute atomic E-state index is 12.6. The number of anilines is 1. The third-order valence-electron chi connectivity index (χ3n) is 4.78. The number of hydrogen-bond acceptors (Lipinski definition) is 4. The van der Waals surface area contributed by atoms with Crippen molar-refractivity contribution in [1.29, 1.82) is 0 Å². The van der Waals surface area contributed by atoms with Crippen molar-refractivity contribution in [3.63, 3.8) is 0 Å². The zero-order valence-electron chi connectivity index (χ0n) is 14.4. The van der Waals surface area contributed by atoms with Gasteiger partial charge in [-0.25, -0.2) is 9.59 Å². The molecule has 8 heteroatoms.